The number of carbonyl (C=O) groups excluding carboxylic acids is 1. The minimum absolute atomic E-state index is 0.106. The summed E-state index contributed by atoms with van der Waals surface area (Å²) in [4.78, 5) is 24.8. The van der Waals surface area contributed by atoms with Crippen LogP contribution in [-0.2, 0) is 4.79 Å². The van der Waals surface area contributed by atoms with Crippen LogP contribution >= 0.6 is 0 Å². The first-order chi connectivity index (χ1) is 9.52. The summed E-state index contributed by atoms with van der Waals surface area (Å²) < 4.78 is 4.92. The van der Waals surface area contributed by atoms with Crippen molar-refractivity contribution >= 4 is 11.9 Å². The lowest BCUT2D eigenvalue weighted by Gasteiger charge is -2.30. The lowest BCUT2D eigenvalue weighted by Crippen LogP contribution is -2.42. The third kappa shape index (κ3) is 2.84. The van der Waals surface area contributed by atoms with Gasteiger partial charge in [0.05, 0.1) is 13.0 Å². The number of carbonyl (C=O) groups is 2. The molecule has 0 spiro atoms. The summed E-state index contributed by atoms with van der Waals surface area (Å²) in [5.41, 5.74) is 0.328. The van der Waals surface area contributed by atoms with Crippen molar-refractivity contribution in [2.75, 3.05) is 20.2 Å². The molecule has 1 aliphatic heterocycles. The van der Waals surface area contributed by atoms with Gasteiger partial charge >= 0.3 is 5.97 Å². The van der Waals surface area contributed by atoms with Gasteiger partial charge in [-0.1, -0.05) is 0 Å². The van der Waals surface area contributed by atoms with Crippen molar-refractivity contribution in [1.82, 2.24) is 4.90 Å². The highest BCUT2D eigenvalue weighted by Gasteiger charge is 2.28. The standard InChI is InChI=1S/C14H17NO5/c1-20-12-5-4-9(7-11(12)16)13(17)15-6-2-3-10(8-15)14(18)19/h4-5,7,10,16H,2-3,6,8H2,1H3,(H,18,19)/t10-/m1/s1. The van der Waals surface area contributed by atoms with Gasteiger partial charge in [0, 0.05) is 18.7 Å². The number of methoxy groups -OCH3 is 1. The molecule has 1 atom stereocenters. The number of amides is 1. The van der Waals surface area contributed by atoms with Crippen LogP contribution in [-0.4, -0.2) is 47.2 Å². The number of aromatic hydroxyl groups is 1. The molecule has 0 unspecified atom stereocenters. The zero-order valence-corrected chi connectivity index (χ0v) is 11.2. The highest BCUT2D eigenvalue weighted by Crippen LogP contribution is 2.27. The number of phenolic OH excluding ortho intramolecular Hbond substituents is 1. The van der Waals surface area contributed by atoms with E-state index in [0.717, 1.165) is 0 Å². The first kappa shape index (κ1) is 14.2. The summed E-state index contributed by atoms with van der Waals surface area (Å²) in [6.07, 6.45) is 1.26. The van der Waals surface area contributed by atoms with Crippen LogP contribution in [0.4, 0.5) is 0 Å². The largest absolute Gasteiger partial charge is 0.504 e. The van der Waals surface area contributed by atoms with E-state index in [1.54, 1.807) is 6.07 Å². The summed E-state index contributed by atoms with van der Waals surface area (Å²) in [7, 11) is 1.43. The van der Waals surface area contributed by atoms with Gasteiger partial charge in [0.2, 0.25) is 0 Å². The first-order valence-corrected chi connectivity index (χ1v) is 6.42. The molecule has 1 heterocycles. The topological polar surface area (TPSA) is 87.1 Å². The monoisotopic (exact) mass is 279 g/mol. The van der Waals surface area contributed by atoms with Crippen LogP contribution in [0.3, 0.4) is 0 Å². The molecule has 1 fully saturated rings. The van der Waals surface area contributed by atoms with E-state index in [2.05, 4.69) is 0 Å². The second kappa shape index (κ2) is 5.81. The molecule has 0 aromatic heterocycles. The average Bonchev–Trinajstić information content (AvgIpc) is 2.46. The predicted octanol–water partition coefficient (Wildman–Crippen LogP) is 1.34. The molecule has 1 aromatic carbocycles. The molecule has 0 saturated carbocycles. The molecule has 1 saturated heterocycles. The fourth-order valence-corrected chi connectivity index (χ4v) is 2.37. The number of carboxylic acids is 1. The number of rotatable bonds is 3. The number of carboxylic acid groups (broad SMARTS) is 1. The summed E-state index contributed by atoms with van der Waals surface area (Å²) in [6, 6.07) is 4.41. The molecule has 0 aliphatic carbocycles. The van der Waals surface area contributed by atoms with E-state index in [-0.39, 0.29) is 18.2 Å². The fraction of sp³-hybridized carbons (Fsp3) is 0.429. The second-order valence-corrected chi connectivity index (χ2v) is 4.82. The van der Waals surface area contributed by atoms with Crippen LogP contribution < -0.4 is 4.74 Å². The third-order valence-electron chi connectivity index (χ3n) is 3.48. The Balaban J connectivity index is 2.14. The van der Waals surface area contributed by atoms with E-state index in [1.165, 1.54) is 24.1 Å². The molecule has 2 rings (SSSR count). The molecule has 2 N–H and O–H groups in total. The van der Waals surface area contributed by atoms with Gasteiger partial charge in [-0.05, 0) is 31.0 Å². The normalized spacial score (nSPS) is 18.6. The maximum Gasteiger partial charge on any atom is 0.308 e. The minimum Gasteiger partial charge on any atom is -0.504 e. The quantitative estimate of drug-likeness (QED) is 0.871. The first-order valence-electron chi connectivity index (χ1n) is 6.42. The van der Waals surface area contributed by atoms with Gasteiger partial charge in [0.25, 0.3) is 5.91 Å². The Morgan fingerprint density at radius 1 is 1.40 bits per heavy atom. The van der Waals surface area contributed by atoms with Crippen molar-refractivity contribution in [3.63, 3.8) is 0 Å². The summed E-state index contributed by atoms with van der Waals surface area (Å²) >= 11 is 0. The van der Waals surface area contributed by atoms with Gasteiger partial charge in [0.1, 0.15) is 0 Å². The summed E-state index contributed by atoms with van der Waals surface area (Å²) in [5, 5.41) is 18.7. The van der Waals surface area contributed by atoms with Crippen LogP contribution in [0.15, 0.2) is 18.2 Å². The molecule has 1 aliphatic rings. The zero-order chi connectivity index (χ0) is 14.7. The van der Waals surface area contributed by atoms with E-state index in [0.29, 0.717) is 30.7 Å². The van der Waals surface area contributed by atoms with Crippen molar-refractivity contribution in [2.24, 2.45) is 5.92 Å². The van der Waals surface area contributed by atoms with Crippen LogP contribution in [0, 0.1) is 5.92 Å². The van der Waals surface area contributed by atoms with Crippen LogP contribution in [0.1, 0.15) is 23.2 Å². The fourth-order valence-electron chi connectivity index (χ4n) is 2.37. The van der Waals surface area contributed by atoms with E-state index in [9.17, 15) is 14.7 Å². The maximum atomic E-state index is 12.3. The molecule has 1 amide bonds. The van der Waals surface area contributed by atoms with Crippen LogP contribution in [0.2, 0.25) is 0 Å². The molecule has 108 valence electrons. The number of hydrogen-bond donors (Lipinski definition) is 2. The second-order valence-electron chi connectivity index (χ2n) is 4.82. The number of aliphatic carboxylic acids is 1. The average molecular weight is 279 g/mol. The van der Waals surface area contributed by atoms with E-state index >= 15 is 0 Å². The van der Waals surface area contributed by atoms with Gasteiger partial charge in [-0.2, -0.15) is 0 Å². The molecule has 0 radical (unpaired) electrons. The van der Waals surface area contributed by atoms with Gasteiger partial charge in [-0.15, -0.1) is 0 Å². The molecule has 0 bridgehead atoms. The van der Waals surface area contributed by atoms with Gasteiger partial charge < -0.3 is 19.8 Å². The smallest absolute Gasteiger partial charge is 0.308 e. The highest BCUT2D eigenvalue weighted by molar-refractivity contribution is 5.95. The Kier molecular flexibility index (Phi) is 4.12. The van der Waals surface area contributed by atoms with Crippen LogP contribution in [0.25, 0.3) is 0 Å². The number of ether oxygens (including phenoxy) is 1. The number of hydrogen-bond acceptors (Lipinski definition) is 4. The van der Waals surface area contributed by atoms with Gasteiger partial charge in [-0.3, -0.25) is 9.59 Å². The Morgan fingerprint density at radius 3 is 2.75 bits per heavy atom. The lowest BCUT2D eigenvalue weighted by molar-refractivity contribution is -0.143. The Labute approximate surface area is 116 Å². The Bertz CT molecular complexity index is 528. The number of nitrogens with zero attached hydrogens (tertiary/aromatic N) is 1. The van der Waals surface area contributed by atoms with E-state index in [4.69, 9.17) is 9.84 Å². The van der Waals surface area contributed by atoms with E-state index in [1.807, 2.05) is 0 Å². The minimum atomic E-state index is -0.875. The molecule has 6 heteroatoms. The predicted molar refractivity (Wildman–Crippen MR) is 70.9 cm³/mol. The lowest BCUT2D eigenvalue weighted by atomic mass is 9.97. The Hall–Kier alpha value is -2.24. The van der Waals surface area contributed by atoms with Gasteiger partial charge in [-0.25, -0.2) is 0 Å². The van der Waals surface area contributed by atoms with E-state index < -0.39 is 11.9 Å². The van der Waals surface area contributed by atoms with Crippen molar-refractivity contribution in [3.05, 3.63) is 23.8 Å². The van der Waals surface area contributed by atoms with Crippen molar-refractivity contribution in [3.8, 4) is 11.5 Å². The molecular formula is C14H17NO5. The molecule has 20 heavy (non-hydrogen) atoms. The molecular weight excluding hydrogens is 262 g/mol. The molecule has 1 aromatic rings. The Morgan fingerprint density at radius 2 is 2.15 bits per heavy atom. The number of piperidine rings is 1. The number of benzene rings is 1. The maximum absolute atomic E-state index is 12.3. The SMILES string of the molecule is COc1ccc(C(=O)N2CCC[C@@H](C(=O)O)C2)cc1O. The number of phenols is 1. The summed E-state index contributed by atoms with van der Waals surface area (Å²) in [5.74, 6) is -1.47. The van der Waals surface area contributed by atoms with Crippen molar-refractivity contribution < 1.29 is 24.5 Å². The van der Waals surface area contributed by atoms with Gasteiger partial charge in [0.15, 0.2) is 11.5 Å². The van der Waals surface area contributed by atoms with Crippen molar-refractivity contribution in [1.29, 1.82) is 0 Å². The molecule has 6 nitrogen and oxygen atoms in total. The third-order valence-corrected chi connectivity index (χ3v) is 3.48. The number of likely N-dealkylation sites (tertiary alicyclic amines) is 1. The van der Waals surface area contributed by atoms with Crippen molar-refractivity contribution in [2.45, 2.75) is 12.8 Å². The van der Waals surface area contributed by atoms with Crippen LogP contribution in [0.5, 0.6) is 11.5 Å². The highest BCUT2D eigenvalue weighted by atomic mass is 16.5. The zero-order valence-electron chi connectivity index (χ0n) is 11.2. The summed E-state index contributed by atoms with van der Waals surface area (Å²) in [6.45, 7) is 0.746.